The molecule has 2 aromatic carbocycles. The Morgan fingerprint density at radius 1 is 1.07 bits per heavy atom. The highest BCUT2D eigenvalue weighted by atomic mass is 32.2. The van der Waals surface area contributed by atoms with Gasteiger partial charge >= 0.3 is 0 Å². The first-order valence-electron chi connectivity index (χ1n) is 8.82. The van der Waals surface area contributed by atoms with Crippen LogP contribution < -0.4 is 5.32 Å². The van der Waals surface area contributed by atoms with Gasteiger partial charge in [-0.2, -0.15) is 0 Å². The minimum atomic E-state index is -3.47. The summed E-state index contributed by atoms with van der Waals surface area (Å²) in [5, 5.41) is 6.66. The Morgan fingerprint density at radius 3 is 2.21 bits per heavy atom. The van der Waals surface area contributed by atoms with E-state index in [1.54, 1.807) is 19.1 Å². The molecule has 1 amide bonds. The van der Waals surface area contributed by atoms with Crippen molar-refractivity contribution in [2.75, 3.05) is 26.0 Å². The second-order valence-corrected chi connectivity index (χ2v) is 8.51. The van der Waals surface area contributed by atoms with Crippen molar-refractivity contribution in [3.8, 4) is 0 Å². The Labute approximate surface area is 166 Å². The molecular weight excluding hydrogens is 378 g/mol. The normalized spacial score (nSPS) is 12.1. The molecule has 28 heavy (non-hydrogen) atoms. The van der Waals surface area contributed by atoms with Gasteiger partial charge in [-0.05, 0) is 48.7 Å². The number of sulfonamides is 1. The number of benzene rings is 2. The van der Waals surface area contributed by atoms with Crippen molar-refractivity contribution < 1.29 is 18.0 Å². The SMILES string of the molecule is CCc1ccc(NC(=O)CO/N=C(/C)c2ccc(S(=O)(=O)N(C)C)cc2)cc1. The van der Waals surface area contributed by atoms with Gasteiger partial charge in [-0.1, -0.05) is 36.3 Å². The highest BCUT2D eigenvalue weighted by molar-refractivity contribution is 7.89. The molecule has 0 aliphatic carbocycles. The number of amides is 1. The van der Waals surface area contributed by atoms with Crippen molar-refractivity contribution in [1.29, 1.82) is 0 Å². The van der Waals surface area contributed by atoms with Crippen LogP contribution in [-0.2, 0) is 26.1 Å². The second-order valence-electron chi connectivity index (χ2n) is 6.36. The summed E-state index contributed by atoms with van der Waals surface area (Å²) in [4.78, 5) is 17.2. The number of aryl methyl sites for hydroxylation is 1. The van der Waals surface area contributed by atoms with Crippen LogP contribution in [0.25, 0.3) is 0 Å². The number of anilines is 1. The third-order valence-electron chi connectivity index (χ3n) is 4.09. The number of nitrogens with one attached hydrogen (secondary N) is 1. The van der Waals surface area contributed by atoms with Gasteiger partial charge < -0.3 is 10.2 Å². The Bertz CT molecular complexity index is 934. The number of hydrogen-bond acceptors (Lipinski definition) is 5. The third-order valence-corrected chi connectivity index (χ3v) is 5.92. The maximum absolute atomic E-state index is 12.1. The van der Waals surface area contributed by atoms with Crippen LogP contribution in [0, 0.1) is 0 Å². The van der Waals surface area contributed by atoms with Crippen LogP contribution in [0.1, 0.15) is 25.0 Å². The average Bonchev–Trinajstić information content (AvgIpc) is 2.68. The lowest BCUT2D eigenvalue weighted by molar-refractivity contribution is -0.120. The average molecular weight is 404 g/mol. The summed E-state index contributed by atoms with van der Waals surface area (Å²) in [7, 11) is -0.514. The lowest BCUT2D eigenvalue weighted by Crippen LogP contribution is -2.22. The second kappa shape index (κ2) is 9.48. The predicted molar refractivity (Wildman–Crippen MR) is 110 cm³/mol. The van der Waals surface area contributed by atoms with Crippen LogP contribution in [0.5, 0.6) is 0 Å². The molecule has 0 radical (unpaired) electrons. The molecule has 8 heteroatoms. The molecule has 0 saturated heterocycles. The molecule has 0 heterocycles. The quantitative estimate of drug-likeness (QED) is 0.542. The van der Waals surface area contributed by atoms with Crippen LogP contribution in [0.3, 0.4) is 0 Å². The maximum atomic E-state index is 12.1. The monoisotopic (exact) mass is 403 g/mol. The van der Waals surface area contributed by atoms with Crippen molar-refractivity contribution in [3.63, 3.8) is 0 Å². The molecule has 0 aliphatic rings. The van der Waals surface area contributed by atoms with Gasteiger partial charge in [-0.25, -0.2) is 12.7 Å². The molecular formula is C20H25N3O4S. The van der Waals surface area contributed by atoms with Gasteiger partial charge in [0.1, 0.15) is 0 Å². The Hall–Kier alpha value is -2.71. The van der Waals surface area contributed by atoms with Crippen molar-refractivity contribution in [1.82, 2.24) is 4.31 Å². The number of oxime groups is 1. The molecule has 2 rings (SSSR count). The van der Waals surface area contributed by atoms with Crippen LogP contribution in [0.2, 0.25) is 0 Å². The summed E-state index contributed by atoms with van der Waals surface area (Å²) in [6, 6.07) is 13.9. The highest BCUT2D eigenvalue weighted by Gasteiger charge is 2.16. The molecule has 0 bridgehead atoms. The summed E-state index contributed by atoms with van der Waals surface area (Å²) in [5.74, 6) is -0.312. The van der Waals surface area contributed by atoms with E-state index in [2.05, 4.69) is 17.4 Å². The number of hydrogen-bond donors (Lipinski definition) is 1. The van der Waals surface area contributed by atoms with Crippen molar-refractivity contribution >= 4 is 27.3 Å². The van der Waals surface area contributed by atoms with Gasteiger partial charge in [0, 0.05) is 19.8 Å². The Balaban J connectivity index is 1.92. The zero-order chi connectivity index (χ0) is 20.7. The third kappa shape index (κ3) is 5.64. The topological polar surface area (TPSA) is 88.1 Å². The van der Waals surface area contributed by atoms with Crippen molar-refractivity contribution in [3.05, 3.63) is 59.7 Å². The van der Waals surface area contributed by atoms with E-state index in [0.29, 0.717) is 17.0 Å². The first-order chi connectivity index (χ1) is 13.2. The molecule has 0 atom stereocenters. The lowest BCUT2D eigenvalue weighted by atomic mass is 10.1. The molecule has 0 saturated carbocycles. The molecule has 0 aromatic heterocycles. The minimum Gasteiger partial charge on any atom is -0.385 e. The highest BCUT2D eigenvalue weighted by Crippen LogP contribution is 2.14. The molecule has 0 spiro atoms. The number of nitrogens with zero attached hydrogens (tertiary/aromatic N) is 2. The first-order valence-corrected chi connectivity index (χ1v) is 10.3. The van der Waals surface area contributed by atoms with Gasteiger partial charge in [0.15, 0.2) is 6.61 Å². The minimum absolute atomic E-state index is 0.198. The van der Waals surface area contributed by atoms with Crippen LogP contribution in [0.15, 0.2) is 58.6 Å². The Kier molecular flexibility index (Phi) is 7.31. The van der Waals surface area contributed by atoms with Crippen molar-refractivity contribution in [2.24, 2.45) is 5.16 Å². The maximum Gasteiger partial charge on any atom is 0.265 e. The molecule has 150 valence electrons. The number of rotatable bonds is 8. The van der Waals surface area contributed by atoms with Gasteiger partial charge in [-0.15, -0.1) is 0 Å². The molecule has 0 aliphatic heterocycles. The van der Waals surface area contributed by atoms with Gasteiger partial charge in [0.05, 0.1) is 10.6 Å². The zero-order valence-electron chi connectivity index (χ0n) is 16.5. The molecule has 2 aromatic rings. The largest absolute Gasteiger partial charge is 0.385 e. The molecule has 0 unspecified atom stereocenters. The van der Waals surface area contributed by atoms with Gasteiger partial charge in [0.2, 0.25) is 10.0 Å². The summed E-state index contributed by atoms with van der Waals surface area (Å²) in [5.41, 5.74) is 3.13. The summed E-state index contributed by atoms with van der Waals surface area (Å²) in [6.07, 6.45) is 0.938. The molecule has 0 fully saturated rings. The molecule has 7 nitrogen and oxygen atoms in total. The standard InChI is InChI=1S/C20H25N3O4S/c1-5-16-6-10-18(11-7-16)21-20(24)14-27-22-15(2)17-8-12-19(13-9-17)28(25,26)23(3)4/h6-13H,5,14H2,1-4H3,(H,21,24)/b22-15-. The van der Waals surface area contributed by atoms with Crippen molar-refractivity contribution in [2.45, 2.75) is 25.2 Å². The van der Waals surface area contributed by atoms with E-state index in [1.165, 1.54) is 31.8 Å². The van der Waals surface area contributed by atoms with Gasteiger partial charge in [-0.3, -0.25) is 4.79 Å². The molecule has 1 N–H and O–H groups in total. The fourth-order valence-corrected chi connectivity index (χ4v) is 3.24. The van der Waals surface area contributed by atoms with E-state index in [1.807, 2.05) is 24.3 Å². The number of carbonyl (C=O) groups excluding carboxylic acids is 1. The van der Waals surface area contributed by atoms with Gasteiger partial charge in [0.25, 0.3) is 5.91 Å². The van der Waals surface area contributed by atoms with Crippen LogP contribution in [-0.4, -0.2) is 45.0 Å². The summed E-state index contributed by atoms with van der Waals surface area (Å²) in [6.45, 7) is 3.56. The zero-order valence-corrected chi connectivity index (χ0v) is 17.3. The summed E-state index contributed by atoms with van der Waals surface area (Å²) < 4.78 is 25.3. The fraction of sp³-hybridized carbons (Fsp3) is 0.300. The van der Waals surface area contributed by atoms with E-state index in [9.17, 15) is 13.2 Å². The number of carbonyl (C=O) groups is 1. The summed E-state index contributed by atoms with van der Waals surface area (Å²) >= 11 is 0. The fourth-order valence-electron chi connectivity index (χ4n) is 2.34. The van der Waals surface area contributed by atoms with E-state index >= 15 is 0 Å². The van der Waals surface area contributed by atoms with E-state index in [0.717, 1.165) is 10.7 Å². The van der Waals surface area contributed by atoms with E-state index < -0.39 is 10.0 Å². The van der Waals surface area contributed by atoms with E-state index in [4.69, 9.17) is 4.84 Å². The first kappa shape index (κ1) is 21.6. The van der Waals surface area contributed by atoms with Crippen LogP contribution in [0.4, 0.5) is 5.69 Å². The smallest absolute Gasteiger partial charge is 0.265 e. The Morgan fingerprint density at radius 2 is 1.68 bits per heavy atom. The predicted octanol–water partition coefficient (Wildman–Crippen LogP) is 2.88. The van der Waals surface area contributed by atoms with E-state index in [-0.39, 0.29) is 17.4 Å². The lowest BCUT2D eigenvalue weighted by Gasteiger charge is -2.11. The van der Waals surface area contributed by atoms with Crippen LogP contribution >= 0.6 is 0 Å².